The van der Waals surface area contributed by atoms with E-state index in [0.717, 1.165) is 5.92 Å². The summed E-state index contributed by atoms with van der Waals surface area (Å²) in [4.78, 5) is 0. The van der Waals surface area contributed by atoms with Crippen LogP contribution in [-0.4, -0.2) is 14.4 Å². The number of rotatable bonds is 3. The fraction of sp³-hybridized carbons (Fsp3) is 1.00. The Bertz CT molecular complexity index is 139. The molecular weight excluding hydrogens is 164 g/mol. The summed E-state index contributed by atoms with van der Waals surface area (Å²) in [6, 6.07) is 0. The predicted molar refractivity (Wildman–Crippen MR) is 55.9 cm³/mol. The Balaban J connectivity index is 2.28. The average Bonchev–Trinajstić information content (AvgIpc) is 2.32. The minimum atomic E-state index is -1.26. The van der Waals surface area contributed by atoms with E-state index in [1.165, 1.54) is 25.7 Å². The zero-order valence-corrected chi connectivity index (χ0v) is 9.89. The summed E-state index contributed by atoms with van der Waals surface area (Å²) in [5.41, 5.74) is 0. The third-order valence-corrected chi connectivity index (χ3v) is 3.63. The Hall–Kier alpha value is 0.177. The van der Waals surface area contributed by atoms with Crippen molar-refractivity contribution in [2.24, 2.45) is 5.92 Å². The molecule has 1 nitrogen and oxygen atoms in total. The van der Waals surface area contributed by atoms with Crippen molar-refractivity contribution < 1.29 is 4.43 Å². The molecule has 2 heteroatoms. The van der Waals surface area contributed by atoms with Crippen LogP contribution in [0.3, 0.4) is 0 Å². The first-order valence-corrected chi connectivity index (χ1v) is 8.60. The van der Waals surface area contributed by atoms with Crippen molar-refractivity contribution in [2.45, 2.75) is 58.4 Å². The quantitative estimate of drug-likeness (QED) is 0.614. The van der Waals surface area contributed by atoms with Crippen molar-refractivity contribution in [3.05, 3.63) is 0 Å². The maximum Gasteiger partial charge on any atom is 0.184 e. The zero-order chi connectivity index (χ0) is 9.19. The molecule has 0 saturated heterocycles. The second kappa shape index (κ2) is 3.92. The van der Waals surface area contributed by atoms with Crippen molar-refractivity contribution in [2.75, 3.05) is 0 Å². The smallest absolute Gasteiger partial charge is 0.184 e. The number of hydrogen-bond acceptors (Lipinski definition) is 1. The maximum atomic E-state index is 6.07. The van der Waals surface area contributed by atoms with Crippen LogP contribution in [0.2, 0.25) is 19.6 Å². The minimum absolute atomic E-state index is 0.599. The van der Waals surface area contributed by atoms with E-state index < -0.39 is 8.32 Å². The van der Waals surface area contributed by atoms with Gasteiger partial charge in [0.15, 0.2) is 8.32 Å². The van der Waals surface area contributed by atoms with Gasteiger partial charge in [0.1, 0.15) is 0 Å². The molecule has 0 bridgehead atoms. The zero-order valence-electron chi connectivity index (χ0n) is 8.89. The van der Waals surface area contributed by atoms with Gasteiger partial charge in [-0.25, -0.2) is 0 Å². The minimum Gasteiger partial charge on any atom is -0.415 e. The molecule has 0 spiro atoms. The Morgan fingerprint density at radius 3 is 2.33 bits per heavy atom. The Kier molecular flexibility index (Phi) is 3.35. The lowest BCUT2D eigenvalue weighted by Crippen LogP contribution is -2.30. The normalized spacial score (nSPS) is 31.0. The fourth-order valence-corrected chi connectivity index (χ4v) is 3.22. The van der Waals surface area contributed by atoms with Gasteiger partial charge in [0, 0.05) is 6.10 Å². The summed E-state index contributed by atoms with van der Waals surface area (Å²) >= 11 is 0. The highest BCUT2D eigenvalue weighted by Gasteiger charge is 2.28. The van der Waals surface area contributed by atoms with Gasteiger partial charge in [0.2, 0.25) is 0 Å². The van der Waals surface area contributed by atoms with Crippen LogP contribution in [0.5, 0.6) is 0 Å². The van der Waals surface area contributed by atoms with E-state index in [9.17, 15) is 0 Å². The SMILES string of the molecule is CCC1CCC(O[Si](C)(C)C)C1. The van der Waals surface area contributed by atoms with Gasteiger partial charge < -0.3 is 4.43 Å². The van der Waals surface area contributed by atoms with E-state index in [2.05, 4.69) is 26.6 Å². The van der Waals surface area contributed by atoms with Gasteiger partial charge in [-0.3, -0.25) is 0 Å². The van der Waals surface area contributed by atoms with Crippen molar-refractivity contribution >= 4 is 8.32 Å². The Labute approximate surface area is 77.6 Å². The molecule has 1 fully saturated rings. The van der Waals surface area contributed by atoms with Crippen molar-refractivity contribution in [3.63, 3.8) is 0 Å². The summed E-state index contributed by atoms with van der Waals surface area (Å²) in [5, 5.41) is 0. The van der Waals surface area contributed by atoms with Gasteiger partial charge in [-0.15, -0.1) is 0 Å². The summed E-state index contributed by atoms with van der Waals surface area (Å²) < 4.78 is 6.07. The first kappa shape index (κ1) is 10.3. The molecule has 0 aromatic heterocycles. The van der Waals surface area contributed by atoms with Crippen molar-refractivity contribution in [1.82, 2.24) is 0 Å². The van der Waals surface area contributed by atoms with E-state index >= 15 is 0 Å². The fourth-order valence-electron chi connectivity index (χ4n) is 2.01. The molecule has 0 N–H and O–H groups in total. The van der Waals surface area contributed by atoms with Gasteiger partial charge in [-0.2, -0.15) is 0 Å². The lowest BCUT2D eigenvalue weighted by atomic mass is 10.1. The van der Waals surface area contributed by atoms with Crippen LogP contribution in [0.4, 0.5) is 0 Å². The topological polar surface area (TPSA) is 9.23 Å². The molecule has 0 amide bonds. The van der Waals surface area contributed by atoms with Crippen LogP contribution in [0.25, 0.3) is 0 Å². The molecule has 1 aliphatic rings. The summed E-state index contributed by atoms with van der Waals surface area (Å²) in [6.07, 6.45) is 5.96. The molecule has 1 rings (SSSR count). The molecule has 0 heterocycles. The molecule has 0 radical (unpaired) electrons. The molecule has 1 aliphatic carbocycles. The first-order valence-electron chi connectivity index (χ1n) is 5.19. The van der Waals surface area contributed by atoms with E-state index in [-0.39, 0.29) is 0 Å². The van der Waals surface area contributed by atoms with E-state index in [4.69, 9.17) is 4.43 Å². The van der Waals surface area contributed by atoms with Crippen LogP contribution < -0.4 is 0 Å². The predicted octanol–water partition coefficient (Wildman–Crippen LogP) is 3.42. The van der Waals surface area contributed by atoms with Crippen LogP contribution in [0.15, 0.2) is 0 Å². The summed E-state index contributed by atoms with van der Waals surface area (Å²) in [5.74, 6) is 0.950. The summed E-state index contributed by atoms with van der Waals surface area (Å²) in [7, 11) is -1.26. The highest BCUT2D eigenvalue weighted by Crippen LogP contribution is 2.31. The molecule has 0 aromatic carbocycles. The second-order valence-electron chi connectivity index (χ2n) is 4.94. The average molecular weight is 186 g/mol. The molecule has 0 aromatic rings. The van der Waals surface area contributed by atoms with E-state index in [0.29, 0.717) is 6.10 Å². The maximum absolute atomic E-state index is 6.07. The second-order valence-corrected chi connectivity index (χ2v) is 9.40. The van der Waals surface area contributed by atoms with Crippen LogP contribution in [0, 0.1) is 5.92 Å². The number of hydrogen-bond donors (Lipinski definition) is 0. The largest absolute Gasteiger partial charge is 0.415 e. The third-order valence-electron chi connectivity index (χ3n) is 2.59. The van der Waals surface area contributed by atoms with Gasteiger partial charge in [-0.05, 0) is 44.8 Å². The first-order chi connectivity index (χ1) is 5.51. The van der Waals surface area contributed by atoms with Gasteiger partial charge in [-0.1, -0.05) is 13.3 Å². The lowest BCUT2D eigenvalue weighted by molar-refractivity contribution is 0.196. The van der Waals surface area contributed by atoms with E-state index in [1.54, 1.807) is 0 Å². The van der Waals surface area contributed by atoms with Gasteiger partial charge in [0.05, 0.1) is 0 Å². The molecule has 1 saturated carbocycles. The summed E-state index contributed by atoms with van der Waals surface area (Å²) in [6.45, 7) is 9.15. The van der Waals surface area contributed by atoms with E-state index in [1.807, 2.05) is 0 Å². The molecule has 12 heavy (non-hydrogen) atoms. The standard InChI is InChI=1S/C10H22OSi/c1-5-9-6-7-10(8-9)11-12(2,3)4/h9-10H,5-8H2,1-4H3. The van der Waals surface area contributed by atoms with Gasteiger partial charge in [0.25, 0.3) is 0 Å². The van der Waals surface area contributed by atoms with Crippen molar-refractivity contribution in [3.8, 4) is 0 Å². The van der Waals surface area contributed by atoms with Gasteiger partial charge >= 0.3 is 0 Å². The molecule has 0 aliphatic heterocycles. The highest BCUT2D eigenvalue weighted by atomic mass is 28.4. The van der Waals surface area contributed by atoms with Crippen LogP contribution >= 0.6 is 0 Å². The molecular formula is C10H22OSi. The molecule has 72 valence electrons. The van der Waals surface area contributed by atoms with Crippen LogP contribution in [-0.2, 0) is 4.43 Å². The Morgan fingerprint density at radius 1 is 1.25 bits per heavy atom. The van der Waals surface area contributed by atoms with Crippen LogP contribution in [0.1, 0.15) is 32.6 Å². The highest BCUT2D eigenvalue weighted by molar-refractivity contribution is 6.69. The third kappa shape index (κ3) is 3.28. The molecule has 2 unspecified atom stereocenters. The monoisotopic (exact) mass is 186 g/mol. The van der Waals surface area contributed by atoms with Crippen molar-refractivity contribution in [1.29, 1.82) is 0 Å². The lowest BCUT2D eigenvalue weighted by Gasteiger charge is -2.23. The Morgan fingerprint density at radius 2 is 1.92 bits per heavy atom. The molecule has 2 atom stereocenters.